The molecule has 0 N–H and O–H groups in total. The Balaban J connectivity index is 1.67. The lowest BCUT2D eigenvalue weighted by Gasteiger charge is -2.44. The van der Waals surface area contributed by atoms with Gasteiger partial charge in [0.15, 0.2) is 0 Å². The van der Waals surface area contributed by atoms with Gasteiger partial charge in [-0.3, -0.25) is 4.90 Å². The molecule has 0 fully saturated rings. The second-order valence-corrected chi connectivity index (χ2v) is 7.73. The van der Waals surface area contributed by atoms with Crippen molar-refractivity contribution < 1.29 is 0 Å². The van der Waals surface area contributed by atoms with Crippen molar-refractivity contribution in [1.82, 2.24) is 4.90 Å². The summed E-state index contributed by atoms with van der Waals surface area (Å²) in [6, 6.07) is 26.6. The largest absolute Gasteiger partial charge is 0.278 e. The molecular weight excluding hydrogens is 326 g/mol. The van der Waals surface area contributed by atoms with Crippen LogP contribution in [0.15, 0.2) is 72.8 Å². The van der Waals surface area contributed by atoms with Gasteiger partial charge in [0.05, 0.1) is 5.54 Å². The van der Waals surface area contributed by atoms with Gasteiger partial charge in [0.1, 0.15) is 0 Å². The average molecular weight is 346 g/mol. The summed E-state index contributed by atoms with van der Waals surface area (Å²) in [5.74, 6) is 0. The molecular formula is C23H20ClN. The molecule has 2 atom stereocenters. The minimum absolute atomic E-state index is 0.0737. The van der Waals surface area contributed by atoms with Crippen molar-refractivity contribution >= 4 is 11.6 Å². The Bertz CT molecular complexity index is 933. The lowest BCUT2D eigenvalue weighted by atomic mass is 9.80. The zero-order valence-electron chi connectivity index (χ0n) is 14.2. The van der Waals surface area contributed by atoms with Crippen molar-refractivity contribution in [3.05, 3.63) is 106 Å². The van der Waals surface area contributed by atoms with Crippen LogP contribution in [0.1, 0.15) is 40.8 Å². The maximum absolute atomic E-state index is 6.08. The number of nitrogens with zero attached hydrogens (tertiary/aromatic N) is 1. The van der Waals surface area contributed by atoms with Gasteiger partial charge in [0, 0.05) is 17.6 Å². The Labute approximate surface area is 153 Å². The predicted octanol–water partition coefficient (Wildman–Crippen LogP) is 5.72. The van der Waals surface area contributed by atoms with E-state index in [9.17, 15) is 0 Å². The highest BCUT2D eigenvalue weighted by molar-refractivity contribution is 6.30. The van der Waals surface area contributed by atoms with Crippen LogP contribution in [0.3, 0.4) is 0 Å². The van der Waals surface area contributed by atoms with Crippen LogP contribution in [0.25, 0.3) is 0 Å². The topological polar surface area (TPSA) is 3.24 Å². The average Bonchev–Trinajstić information content (AvgIpc) is 2.80. The Morgan fingerprint density at radius 2 is 1.60 bits per heavy atom. The van der Waals surface area contributed by atoms with Gasteiger partial charge in [-0.15, -0.1) is 0 Å². The van der Waals surface area contributed by atoms with Crippen LogP contribution >= 0.6 is 11.6 Å². The van der Waals surface area contributed by atoms with Gasteiger partial charge < -0.3 is 0 Å². The van der Waals surface area contributed by atoms with Crippen molar-refractivity contribution in [3.8, 4) is 0 Å². The zero-order valence-corrected chi connectivity index (χ0v) is 15.0. The molecule has 0 aromatic heterocycles. The number of hydrogen-bond donors (Lipinski definition) is 0. The first-order chi connectivity index (χ1) is 12.2. The minimum atomic E-state index is -0.0737. The first-order valence-electron chi connectivity index (χ1n) is 8.87. The van der Waals surface area contributed by atoms with Crippen LogP contribution in [0.4, 0.5) is 0 Å². The van der Waals surface area contributed by atoms with Gasteiger partial charge in [0.2, 0.25) is 0 Å². The molecule has 0 amide bonds. The maximum Gasteiger partial charge on any atom is 0.0700 e. The zero-order chi connectivity index (χ0) is 17.0. The van der Waals surface area contributed by atoms with Gasteiger partial charge in [-0.05, 0) is 53.3 Å². The minimum Gasteiger partial charge on any atom is -0.278 e. The van der Waals surface area contributed by atoms with E-state index < -0.39 is 0 Å². The molecule has 1 nitrogen and oxygen atoms in total. The number of hydrogen-bond acceptors (Lipinski definition) is 1. The van der Waals surface area contributed by atoms with Gasteiger partial charge in [-0.2, -0.15) is 0 Å². The summed E-state index contributed by atoms with van der Waals surface area (Å²) in [5.41, 5.74) is 7.11. The van der Waals surface area contributed by atoms with E-state index in [4.69, 9.17) is 11.6 Å². The molecule has 5 rings (SSSR count). The molecule has 3 aromatic carbocycles. The summed E-state index contributed by atoms with van der Waals surface area (Å²) >= 11 is 6.08. The van der Waals surface area contributed by atoms with Crippen LogP contribution in [0.2, 0.25) is 5.02 Å². The predicted molar refractivity (Wildman–Crippen MR) is 103 cm³/mol. The quantitative estimate of drug-likeness (QED) is 0.574. The third-order valence-electron chi connectivity index (χ3n) is 6.02. The van der Waals surface area contributed by atoms with Crippen LogP contribution in [-0.4, -0.2) is 4.90 Å². The van der Waals surface area contributed by atoms with Gasteiger partial charge >= 0.3 is 0 Å². The molecule has 0 unspecified atom stereocenters. The Hall–Kier alpha value is -2.09. The number of rotatable bonds is 2. The number of benzene rings is 3. The van der Waals surface area contributed by atoms with Crippen LogP contribution in [-0.2, 0) is 18.5 Å². The van der Waals surface area contributed by atoms with Crippen LogP contribution in [0, 0.1) is 0 Å². The van der Waals surface area contributed by atoms with Crippen molar-refractivity contribution in [2.45, 2.75) is 31.5 Å². The maximum atomic E-state index is 6.08. The molecule has 3 aromatic rings. The van der Waals surface area contributed by atoms with E-state index in [0.717, 1.165) is 18.0 Å². The summed E-state index contributed by atoms with van der Waals surface area (Å²) < 4.78 is 0. The molecule has 0 saturated carbocycles. The van der Waals surface area contributed by atoms with Gasteiger partial charge in [-0.25, -0.2) is 0 Å². The van der Waals surface area contributed by atoms with E-state index in [1.54, 1.807) is 0 Å². The molecule has 2 aliphatic rings. The third kappa shape index (κ3) is 2.13. The fourth-order valence-electron chi connectivity index (χ4n) is 4.82. The molecule has 0 spiro atoms. The smallest absolute Gasteiger partial charge is 0.0700 e. The molecule has 2 heteroatoms. The van der Waals surface area contributed by atoms with Crippen molar-refractivity contribution in [3.63, 3.8) is 0 Å². The Morgan fingerprint density at radius 3 is 2.40 bits per heavy atom. The van der Waals surface area contributed by atoms with E-state index in [0.29, 0.717) is 6.04 Å². The molecule has 0 saturated heterocycles. The summed E-state index contributed by atoms with van der Waals surface area (Å²) in [4.78, 5) is 2.67. The Kier molecular flexibility index (Phi) is 3.31. The van der Waals surface area contributed by atoms with Gasteiger partial charge in [-0.1, -0.05) is 72.3 Å². The van der Waals surface area contributed by atoms with Crippen molar-refractivity contribution in [2.75, 3.05) is 0 Å². The van der Waals surface area contributed by atoms with E-state index in [-0.39, 0.29) is 5.54 Å². The highest BCUT2D eigenvalue weighted by Crippen LogP contribution is 2.55. The first kappa shape index (κ1) is 15.2. The summed E-state index contributed by atoms with van der Waals surface area (Å²) in [5, 5.41) is 0.796. The molecule has 0 aliphatic carbocycles. The molecule has 25 heavy (non-hydrogen) atoms. The van der Waals surface area contributed by atoms with E-state index in [1.165, 1.54) is 27.8 Å². The normalized spacial score (nSPS) is 24.0. The molecule has 2 bridgehead atoms. The standard InChI is InChI=1S/C23H20ClN/c1-23-20-8-4-2-6-17(20)14-22(19-7-3-5-9-21(19)23)25(23)15-16-10-12-18(24)13-11-16/h2-13,22H,14-15H2,1H3/t22-,23+/m1/s1. The SMILES string of the molecule is C[C@]12c3ccccc3C[C@H](c3ccccc31)N2Cc1ccc(Cl)cc1. The van der Waals surface area contributed by atoms with E-state index in [1.807, 2.05) is 12.1 Å². The Morgan fingerprint density at radius 1 is 0.920 bits per heavy atom. The highest BCUT2D eigenvalue weighted by Gasteiger charge is 2.51. The van der Waals surface area contributed by atoms with Crippen LogP contribution in [0.5, 0.6) is 0 Å². The number of halogens is 1. The number of fused-ring (bicyclic) bond motifs is 7. The summed E-state index contributed by atoms with van der Waals surface area (Å²) in [6.45, 7) is 3.32. The molecule has 2 aliphatic heterocycles. The second kappa shape index (κ2) is 5.45. The fourth-order valence-corrected chi connectivity index (χ4v) is 4.95. The van der Waals surface area contributed by atoms with E-state index >= 15 is 0 Å². The van der Waals surface area contributed by atoms with Crippen molar-refractivity contribution in [2.24, 2.45) is 0 Å². The van der Waals surface area contributed by atoms with E-state index in [2.05, 4.69) is 72.5 Å². The lowest BCUT2D eigenvalue weighted by molar-refractivity contribution is 0.0864. The summed E-state index contributed by atoms with van der Waals surface area (Å²) in [7, 11) is 0. The summed E-state index contributed by atoms with van der Waals surface area (Å²) in [6.07, 6.45) is 1.08. The van der Waals surface area contributed by atoms with Crippen molar-refractivity contribution in [1.29, 1.82) is 0 Å². The third-order valence-corrected chi connectivity index (χ3v) is 6.27. The van der Waals surface area contributed by atoms with Gasteiger partial charge in [0.25, 0.3) is 0 Å². The fraction of sp³-hybridized carbons (Fsp3) is 0.217. The molecule has 0 radical (unpaired) electrons. The first-order valence-corrected chi connectivity index (χ1v) is 9.25. The molecule has 2 heterocycles. The lowest BCUT2D eigenvalue weighted by Crippen LogP contribution is -2.44. The monoisotopic (exact) mass is 345 g/mol. The highest BCUT2D eigenvalue weighted by atomic mass is 35.5. The molecule has 124 valence electrons. The second-order valence-electron chi connectivity index (χ2n) is 7.29. The van der Waals surface area contributed by atoms with Crippen LogP contribution < -0.4 is 0 Å².